The molecule has 3 rings (SSSR count). The van der Waals surface area contributed by atoms with E-state index in [1.165, 1.54) is 6.33 Å². The van der Waals surface area contributed by atoms with Crippen molar-refractivity contribution in [1.82, 2.24) is 9.97 Å². The van der Waals surface area contributed by atoms with Crippen LogP contribution < -0.4 is 15.2 Å². The number of nitrogen functional groups attached to an aromatic ring is 1. The van der Waals surface area contributed by atoms with Crippen molar-refractivity contribution in [2.24, 2.45) is 0 Å². The molecule has 1 aromatic heterocycles. The summed E-state index contributed by atoms with van der Waals surface area (Å²) in [6.07, 6.45) is 1.35. The molecule has 5 nitrogen and oxygen atoms in total. The highest BCUT2D eigenvalue weighted by molar-refractivity contribution is 9.10. The number of para-hydroxylation sites is 1. The van der Waals surface area contributed by atoms with Crippen LogP contribution in [0.15, 0.2) is 65.4 Å². The third-order valence-corrected chi connectivity index (χ3v) is 3.55. The Kier molecular flexibility index (Phi) is 4.20. The van der Waals surface area contributed by atoms with Crippen LogP contribution in [0, 0.1) is 0 Å². The van der Waals surface area contributed by atoms with Crippen LogP contribution in [0.1, 0.15) is 0 Å². The minimum Gasteiger partial charge on any atom is -0.457 e. The van der Waals surface area contributed by atoms with E-state index in [1.807, 2.05) is 42.5 Å². The van der Waals surface area contributed by atoms with E-state index in [4.69, 9.17) is 15.2 Å². The standard InChI is InChI=1S/C16H12BrN3O2/c17-14-15(18)19-10-20-16(14)22-13-8-6-12(7-9-13)21-11-4-2-1-3-5-11/h1-10H,(H2,18,19,20). The van der Waals surface area contributed by atoms with Gasteiger partial charge in [-0.3, -0.25) is 0 Å². The molecule has 0 bridgehead atoms. The molecule has 2 N–H and O–H groups in total. The van der Waals surface area contributed by atoms with E-state index in [0.29, 0.717) is 21.9 Å². The van der Waals surface area contributed by atoms with Crippen molar-refractivity contribution in [3.63, 3.8) is 0 Å². The fraction of sp³-hybridized carbons (Fsp3) is 0. The highest BCUT2D eigenvalue weighted by atomic mass is 79.9. The lowest BCUT2D eigenvalue weighted by Gasteiger charge is -2.09. The van der Waals surface area contributed by atoms with Crippen LogP contribution in [-0.4, -0.2) is 9.97 Å². The molecular weight excluding hydrogens is 346 g/mol. The summed E-state index contributed by atoms with van der Waals surface area (Å²) in [5.41, 5.74) is 5.69. The molecule has 0 radical (unpaired) electrons. The lowest BCUT2D eigenvalue weighted by molar-refractivity contribution is 0.453. The Labute approximate surface area is 135 Å². The first-order valence-electron chi connectivity index (χ1n) is 6.49. The van der Waals surface area contributed by atoms with Gasteiger partial charge in [0.15, 0.2) is 0 Å². The van der Waals surface area contributed by atoms with Crippen molar-refractivity contribution in [3.8, 4) is 23.1 Å². The zero-order valence-corrected chi connectivity index (χ0v) is 13.0. The van der Waals surface area contributed by atoms with Crippen molar-refractivity contribution in [2.75, 3.05) is 5.73 Å². The van der Waals surface area contributed by atoms with E-state index in [0.717, 1.165) is 11.5 Å². The minimum atomic E-state index is 0.328. The van der Waals surface area contributed by atoms with Crippen LogP contribution >= 0.6 is 15.9 Å². The highest BCUT2D eigenvalue weighted by Gasteiger charge is 2.08. The van der Waals surface area contributed by atoms with Gasteiger partial charge in [0.05, 0.1) is 0 Å². The van der Waals surface area contributed by atoms with E-state index >= 15 is 0 Å². The van der Waals surface area contributed by atoms with Gasteiger partial charge < -0.3 is 15.2 Å². The minimum absolute atomic E-state index is 0.328. The summed E-state index contributed by atoms with van der Waals surface area (Å²) >= 11 is 3.30. The van der Waals surface area contributed by atoms with Crippen LogP contribution in [0.3, 0.4) is 0 Å². The van der Waals surface area contributed by atoms with Gasteiger partial charge in [-0.05, 0) is 52.3 Å². The molecule has 0 saturated carbocycles. The van der Waals surface area contributed by atoms with Crippen molar-refractivity contribution in [1.29, 1.82) is 0 Å². The van der Waals surface area contributed by atoms with Crippen LogP contribution in [0.5, 0.6) is 23.1 Å². The fourth-order valence-electron chi connectivity index (χ4n) is 1.75. The van der Waals surface area contributed by atoms with Crippen LogP contribution in [0.2, 0.25) is 0 Å². The molecule has 0 aliphatic heterocycles. The molecule has 0 fully saturated rings. The normalized spacial score (nSPS) is 10.2. The van der Waals surface area contributed by atoms with Gasteiger partial charge in [0.2, 0.25) is 5.88 Å². The second-order valence-corrected chi connectivity index (χ2v) is 5.16. The predicted molar refractivity (Wildman–Crippen MR) is 87.2 cm³/mol. The number of anilines is 1. The Bertz CT molecular complexity index is 764. The molecular formula is C16H12BrN3O2. The average molecular weight is 358 g/mol. The second-order valence-electron chi connectivity index (χ2n) is 4.37. The van der Waals surface area contributed by atoms with Gasteiger partial charge >= 0.3 is 0 Å². The third kappa shape index (κ3) is 3.35. The van der Waals surface area contributed by atoms with E-state index in [-0.39, 0.29) is 0 Å². The smallest absolute Gasteiger partial charge is 0.238 e. The van der Waals surface area contributed by atoms with Gasteiger partial charge in [0.25, 0.3) is 0 Å². The number of halogens is 1. The largest absolute Gasteiger partial charge is 0.457 e. The summed E-state index contributed by atoms with van der Waals surface area (Å²) in [5.74, 6) is 2.82. The lowest BCUT2D eigenvalue weighted by Crippen LogP contribution is -1.96. The summed E-state index contributed by atoms with van der Waals surface area (Å²) < 4.78 is 11.9. The fourth-order valence-corrected chi connectivity index (χ4v) is 2.04. The van der Waals surface area contributed by atoms with Crippen LogP contribution in [0.25, 0.3) is 0 Å². The van der Waals surface area contributed by atoms with Gasteiger partial charge in [0, 0.05) is 0 Å². The summed E-state index contributed by atoms with van der Waals surface area (Å²) in [6, 6.07) is 16.8. The SMILES string of the molecule is Nc1ncnc(Oc2ccc(Oc3ccccc3)cc2)c1Br. The molecule has 110 valence electrons. The zero-order chi connectivity index (χ0) is 15.4. The molecule has 22 heavy (non-hydrogen) atoms. The van der Waals surface area contributed by atoms with Crippen molar-refractivity contribution in [3.05, 3.63) is 65.4 Å². The molecule has 0 amide bonds. The number of hydrogen-bond donors (Lipinski definition) is 1. The first-order chi connectivity index (χ1) is 10.7. The second kappa shape index (κ2) is 6.44. The van der Waals surface area contributed by atoms with E-state index in [9.17, 15) is 0 Å². The molecule has 3 aromatic rings. The van der Waals surface area contributed by atoms with Crippen LogP contribution in [0.4, 0.5) is 5.82 Å². The number of hydrogen-bond acceptors (Lipinski definition) is 5. The molecule has 6 heteroatoms. The van der Waals surface area contributed by atoms with Gasteiger partial charge in [0.1, 0.15) is 33.9 Å². The number of ether oxygens (including phenoxy) is 2. The Morgan fingerprint density at radius 1 is 0.773 bits per heavy atom. The Hall–Kier alpha value is -2.60. The molecule has 1 heterocycles. The van der Waals surface area contributed by atoms with E-state index in [2.05, 4.69) is 25.9 Å². The molecule has 2 aromatic carbocycles. The molecule has 0 aliphatic rings. The third-order valence-electron chi connectivity index (χ3n) is 2.80. The summed E-state index contributed by atoms with van der Waals surface area (Å²) in [6.45, 7) is 0. The van der Waals surface area contributed by atoms with Crippen molar-refractivity contribution in [2.45, 2.75) is 0 Å². The van der Waals surface area contributed by atoms with Gasteiger partial charge in [-0.1, -0.05) is 18.2 Å². The average Bonchev–Trinajstić information content (AvgIpc) is 2.55. The Balaban J connectivity index is 1.73. The monoisotopic (exact) mass is 357 g/mol. The zero-order valence-electron chi connectivity index (χ0n) is 11.4. The maximum absolute atomic E-state index is 5.72. The molecule has 0 aliphatic carbocycles. The number of nitrogens with zero attached hydrogens (tertiary/aromatic N) is 2. The number of rotatable bonds is 4. The molecule has 0 atom stereocenters. The van der Waals surface area contributed by atoms with Gasteiger partial charge in [-0.2, -0.15) is 0 Å². The maximum Gasteiger partial charge on any atom is 0.238 e. The van der Waals surface area contributed by atoms with E-state index < -0.39 is 0 Å². The van der Waals surface area contributed by atoms with Crippen molar-refractivity contribution < 1.29 is 9.47 Å². The van der Waals surface area contributed by atoms with E-state index in [1.54, 1.807) is 12.1 Å². The Morgan fingerprint density at radius 2 is 1.36 bits per heavy atom. The Morgan fingerprint density at radius 3 is 2.05 bits per heavy atom. The first-order valence-corrected chi connectivity index (χ1v) is 7.28. The quantitative estimate of drug-likeness (QED) is 0.748. The van der Waals surface area contributed by atoms with Gasteiger partial charge in [-0.25, -0.2) is 9.97 Å². The number of nitrogens with two attached hydrogens (primary N) is 1. The molecule has 0 saturated heterocycles. The maximum atomic E-state index is 5.72. The van der Waals surface area contributed by atoms with Crippen molar-refractivity contribution >= 4 is 21.7 Å². The summed E-state index contributed by atoms with van der Waals surface area (Å²) in [5, 5.41) is 0. The topological polar surface area (TPSA) is 70.3 Å². The summed E-state index contributed by atoms with van der Waals surface area (Å²) in [7, 11) is 0. The summed E-state index contributed by atoms with van der Waals surface area (Å²) in [4.78, 5) is 7.89. The highest BCUT2D eigenvalue weighted by Crippen LogP contribution is 2.31. The van der Waals surface area contributed by atoms with Gasteiger partial charge in [-0.15, -0.1) is 0 Å². The molecule has 0 spiro atoms. The molecule has 0 unspecified atom stereocenters. The lowest BCUT2D eigenvalue weighted by atomic mass is 10.3. The number of benzene rings is 2. The first kappa shape index (κ1) is 14.3. The van der Waals surface area contributed by atoms with Crippen LogP contribution in [-0.2, 0) is 0 Å². The predicted octanol–water partition coefficient (Wildman–Crippen LogP) is 4.41. The number of aromatic nitrogens is 2.